The molecule has 98 valence electrons. The van der Waals surface area contributed by atoms with Crippen molar-refractivity contribution >= 4 is 38.8 Å². The van der Waals surface area contributed by atoms with Gasteiger partial charge in [0, 0.05) is 28.4 Å². The van der Waals surface area contributed by atoms with E-state index in [1.807, 2.05) is 18.2 Å². The van der Waals surface area contributed by atoms with Crippen LogP contribution in [-0.4, -0.2) is 23.7 Å². The SMILES string of the molecule is CC1CC(Nc2ccc(C(N)=S)c(Br)c2)CCO1. The fourth-order valence-corrected chi connectivity index (χ4v) is 3.07. The lowest BCUT2D eigenvalue weighted by atomic mass is 10.0. The highest BCUT2D eigenvalue weighted by Gasteiger charge is 2.19. The second-order valence-corrected chi connectivity index (χ2v) is 5.90. The van der Waals surface area contributed by atoms with Gasteiger partial charge >= 0.3 is 0 Å². The Morgan fingerprint density at radius 3 is 2.94 bits per heavy atom. The van der Waals surface area contributed by atoms with E-state index in [1.54, 1.807) is 0 Å². The Kier molecular flexibility index (Phi) is 4.59. The average molecular weight is 329 g/mol. The van der Waals surface area contributed by atoms with Gasteiger partial charge in [-0.05, 0) is 53.9 Å². The lowest BCUT2D eigenvalue weighted by molar-refractivity contribution is 0.0232. The molecule has 0 amide bonds. The predicted octanol–water partition coefficient (Wildman–Crippen LogP) is 3.06. The van der Waals surface area contributed by atoms with E-state index in [2.05, 4.69) is 28.2 Å². The number of anilines is 1. The van der Waals surface area contributed by atoms with E-state index in [9.17, 15) is 0 Å². The van der Waals surface area contributed by atoms with Gasteiger partial charge in [-0.2, -0.15) is 0 Å². The van der Waals surface area contributed by atoms with Crippen molar-refractivity contribution in [1.82, 2.24) is 0 Å². The first-order valence-electron chi connectivity index (χ1n) is 6.03. The molecule has 1 heterocycles. The maximum Gasteiger partial charge on any atom is 0.105 e. The van der Waals surface area contributed by atoms with Gasteiger partial charge < -0.3 is 15.8 Å². The Labute approximate surface area is 121 Å². The van der Waals surface area contributed by atoms with E-state index in [4.69, 9.17) is 22.7 Å². The number of rotatable bonds is 3. The fraction of sp³-hybridized carbons (Fsp3) is 0.462. The third kappa shape index (κ3) is 3.43. The van der Waals surface area contributed by atoms with Crippen LogP contribution in [-0.2, 0) is 4.74 Å². The largest absolute Gasteiger partial charge is 0.389 e. The number of thiocarbonyl (C=S) groups is 1. The van der Waals surface area contributed by atoms with Gasteiger partial charge in [0.25, 0.3) is 0 Å². The summed E-state index contributed by atoms with van der Waals surface area (Å²) in [5.74, 6) is 0. The molecule has 1 aliphatic heterocycles. The number of ether oxygens (including phenoxy) is 1. The number of nitrogens with one attached hydrogen (secondary N) is 1. The molecule has 3 N–H and O–H groups in total. The van der Waals surface area contributed by atoms with Crippen LogP contribution in [0.15, 0.2) is 22.7 Å². The molecule has 1 saturated heterocycles. The summed E-state index contributed by atoms with van der Waals surface area (Å²) < 4.78 is 6.47. The second kappa shape index (κ2) is 5.99. The van der Waals surface area contributed by atoms with Gasteiger partial charge in [0.2, 0.25) is 0 Å². The molecule has 1 aliphatic rings. The minimum Gasteiger partial charge on any atom is -0.389 e. The fourth-order valence-electron chi connectivity index (χ4n) is 2.17. The molecule has 0 aliphatic carbocycles. The highest BCUT2D eigenvalue weighted by atomic mass is 79.9. The first-order chi connectivity index (χ1) is 8.56. The number of benzene rings is 1. The first kappa shape index (κ1) is 13.8. The Morgan fingerprint density at radius 2 is 2.33 bits per heavy atom. The van der Waals surface area contributed by atoms with Crippen LogP contribution in [0.1, 0.15) is 25.3 Å². The molecule has 1 aromatic rings. The third-order valence-corrected chi connectivity index (χ3v) is 3.97. The lowest BCUT2D eigenvalue weighted by Gasteiger charge is -2.28. The molecule has 3 nitrogen and oxygen atoms in total. The second-order valence-electron chi connectivity index (χ2n) is 4.61. The Hall–Kier alpha value is -0.650. The Bertz CT molecular complexity index is 453. The molecule has 18 heavy (non-hydrogen) atoms. The van der Waals surface area contributed by atoms with Crippen molar-refractivity contribution in [2.45, 2.75) is 31.9 Å². The summed E-state index contributed by atoms with van der Waals surface area (Å²) in [7, 11) is 0. The standard InChI is InChI=1S/C13H17BrN2OS/c1-8-6-10(4-5-17-8)16-9-2-3-11(13(15)18)12(14)7-9/h2-3,7-8,10,16H,4-6H2,1H3,(H2,15,18). The first-order valence-corrected chi connectivity index (χ1v) is 7.24. The van der Waals surface area contributed by atoms with Crippen molar-refractivity contribution in [3.63, 3.8) is 0 Å². The monoisotopic (exact) mass is 328 g/mol. The molecule has 1 aromatic carbocycles. The van der Waals surface area contributed by atoms with Gasteiger partial charge in [-0.15, -0.1) is 0 Å². The van der Waals surface area contributed by atoms with Crippen LogP contribution in [0, 0.1) is 0 Å². The van der Waals surface area contributed by atoms with Gasteiger partial charge in [-0.1, -0.05) is 12.2 Å². The highest BCUT2D eigenvalue weighted by molar-refractivity contribution is 9.10. The topological polar surface area (TPSA) is 47.3 Å². The van der Waals surface area contributed by atoms with E-state index in [0.717, 1.165) is 35.2 Å². The minimum absolute atomic E-state index is 0.329. The van der Waals surface area contributed by atoms with Crippen molar-refractivity contribution in [3.8, 4) is 0 Å². The zero-order chi connectivity index (χ0) is 13.1. The van der Waals surface area contributed by atoms with Crippen LogP contribution in [0.4, 0.5) is 5.69 Å². The van der Waals surface area contributed by atoms with Gasteiger partial charge in [-0.3, -0.25) is 0 Å². The van der Waals surface area contributed by atoms with E-state index < -0.39 is 0 Å². The zero-order valence-corrected chi connectivity index (χ0v) is 12.7. The smallest absolute Gasteiger partial charge is 0.105 e. The molecule has 5 heteroatoms. The zero-order valence-electron chi connectivity index (χ0n) is 10.3. The summed E-state index contributed by atoms with van der Waals surface area (Å²) in [5, 5.41) is 3.52. The lowest BCUT2D eigenvalue weighted by Crippen LogP contribution is -2.32. The molecule has 0 spiro atoms. The van der Waals surface area contributed by atoms with E-state index in [-0.39, 0.29) is 0 Å². The third-order valence-electron chi connectivity index (χ3n) is 3.09. The van der Waals surface area contributed by atoms with Crippen LogP contribution in [0.5, 0.6) is 0 Å². The summed E-state index contributed by atoms with van der Waals surface area (Å²) in [6, 6.07) is 6.45. The number of hydrogen-bond acceptors (Lipinski definition) is 3. The van der Waals surface area contributed by atoms with E-state index in [0.29, 0.717) is 17.1 Å². The van der Waals surface area contributed by atoms with Gasteiger partial charge in [0.15, 0.2) is 0 Å². The minimum atomic E-state index is 0.329. The highest BCUT2D eigenvalue weighted by Crippen LogP contribution is 2.24. The Balaban J connectivity index is 2.05. The maximum absolute atomic E-state index is 5.63. The van der Waals surface area contributed by atoms with E-state index >= 15 is 0 Å². The molecular weight excluding hydrogens is 312 g/mol. The van der Waals surface area contributed by atoms with Crippen molar-refractivity contribution < 1.29 is 4.74 Å². The number of hydrogen-bond donors (Lipinski definition) is 2. The van der Waals surface area contributed by atoms with Crippen molar-refractivity contribution in [2.24, 2.45) is 5.73 Å². The van der Waals surface area contributed by atoms with Crippen LogP contribution in [0.2, 0.25) is 0 Å². The summed E-state index contributed by atoms with van der Waals surface area (Å²) in [4.78, 5) is 0.410. The molecular formula is C13H17BrN2OS. The van der Waals surface area contributed by atoms with Crippen LogP contribution >= 0.6 is 28.1 Å². The van der Waals surface area contributed by atoms with Crippen LogP contribution in [0.25, 0.3) is 0 Å². The normalized spacial score (nSPS) is 23.7. The molecule has 0 saturated carbocycles. The molecule has 2 rings (SSSR count). The van der Waals surface area contributed by atoms with Crippen LogP contribution < -0.4 is 11.1 Å². The summed E-state index contributed by atoms with van der Waals surface area (Å²) in [5.41, 5.74) is 7.59. The van der Waals surface area contributed by atoms with Gasteiger partial charge in [0.1, 0.15) is 4.99 Å². The molecule has 0 radical (unpaired) electrons. The molecule has 0 bridgehead atoms. The van der Waals surface area contributed by atoms with Gasteiger partial charge in [-0.25, -0.2) is 0 Å². The van der Waals surface area contributed by atoms with Crippen molar-refractivity contribution in [3.05, 3.63) is 28.2 Å². The predicted molar refractivity (Wildman–Crippen MR) is 82.1 cm³/mol. The molecule has 0 aromatic heterocycles. The summed E-state index contributed by atoms with van der Waals surface area (Å²) >= 11 is 8.47. The van der Waals surface area contributed by atoms with Crippen molar-refractivity contribution in [1.29, 1.82) is 0 Å². The van der Waals surface area contributed by atoms with E-state index in [1.165, 1.54) is 0 Å². The number of nitrogens with two attached hydrogens (primary N) is 1. The maximum atomic E-state index is 5.63. The van der Waals surface area contributed by atoms with Crippen molar-refractivity contribution in [2.75, 3.05) is 11.9 Å². The van der Waals surface area contributed by atoms with Crippen LogP contribution in [0.3, 0.4) is 0 Å². The summed E-state index contributed by atoms with van der Waals surface area (Å²) in [6.07, 6.45) is 2.41. The Morgan fingerprint density at radius 1 is 1.56 bits per heavy atom. The molecule has 2 atom stereocenters. The summed E-state index contributed by atoms with van der Waals surface area (Å²) in [6.45, 7) is 2.94. The van der Waals surface area contributed by atoms with Gasteiger partial charge in [0.05, 0.1) is 6.10 Å². The average Bonchev–Trinajstić information content (AvgIpc) is 2.28. The molecule has 1 fully saturated rings. The quantitative estimate of drug-likeness (QED) is 0.837. The number of halogens is 1. The molecule has 2 unspecified atom stereocenters.